The van der Waals surface area contributed by atoms with Gasteiger partial charge in [-0.3, -0.25) is 9.59 Å². The van der Waals surface area contributed by atoms with Gasteiger partial charge in [0.2, 0.25) is 11.1 Å². The molecular formula is C14H18ClNO3. The van der Waals surface area contributed by atoms with E-state index in [1.165, 1.54) is 0 Å². The van der Waals surface area contributed by atoms with E-state index in [2.05, 4.69) is 5.32 Å². The zero-order valence-electron chi connectivity index (χ0n) is 11.1. The Bertz CT molecular complexity index is 420. The Labute approximate surface area is 118 Å². The van der Waals surface area contributed by atoms with E-state index >= 15 is 0 Å². The molecule has 0 aliphatic rings. The minimum absolute atomic E-state index is 0.0380. The lowest BCUT2D eigenvalue weighted by Gasteiger charge is -2.18. The van der Waals surface area contributed by atoms with Gasteiger partial charge in [-0.25, -0.2) is 0 Å². The van der Waals surface area contributed by atoms with Gasteiger partial charge in [0.25, 0.3) is 0 Å². The number of hydrogen-bond donors (Lipinski definition) is 1. The third-order valence-electron chi connectivity index (χ3n) is 2.57. The van der Waals surface area contributed by atoms with Crippen LogP contribution < -0.4 is 10.1 Å². The van der Waals surface area contributed by atoms with E-state index in [-0.39, 0.29) is 24.9 Å². The summed E-state index contributed by atoms with van der Waals surface area (Å²) in [5.41, 5.74) is 0. The highest BCUT2D eigenvalue weighted by molar-refractivity contribution is 6.64. The largest absolute Gasteiger partial charge is 0.493 e. The van der Waals surface area contributed by atoms with Crippen LogP contribution in [0.4, 0.5) is 0 Å². The van der Waals surface area contributed by atoms with Gasteiger partial charge in [0, 0.05) is 0 Å². The number of hydrogen-bond acceptors (Lipinski definition) is 3. The highest BCUT2D eigenvalue weighted by Gasteiger charge is 2.22. The molecule has 4 nitrogen and oxygen atoms in total. The zero-order chi connectivity index (χ0) is 14.3. The Morgan fingerprint density at radius 2 is 1.89 bits per heavy atom. The maximum Gasteiger partial charge on any atom is 0.244 e. The van der Waals surface area contributed by atoms with Crippen molar-refractivity contribution in [2.24, 2.45) is 5.92 Å². The monoisotopic (exact) mass is 283 g/mol. The third-order valence-corrected chi connectivity index (χ3v) is 2.80. The van der Waals surface area contributed by atoms with Crippen molar-refractivity contribution in [3.63, 3.8) is 0 Å². The predicted molar refractivity (Wildman–Crippen MR) is 74.2 cm³/mol. The van der Waals surface area contributed by atoms with Crippen molar-refractivity contribution in [3.8, 4) is 5.75 Å². The van der Waals surface area contributed by atoms with Crippen LogP contribution >= 0.6 is 11.6 Å². The summed E-state index contributed by atoms with van der Waals surface area (Å²) >= 11 is 5.43. The summed E-state index contributed by atoms with van der Waals surface area (Å²) in [6.07, 6.45) is 0.183. The normalized spacial score (nSPS) is 12.0. The molecule has 1 rings (SSSR count). The molecule has 0 heterocycles. The Hall–Kier alpha value is -1.55. The van der Waals surface area contributed by atoms with E-state index in [9.17, 15) is 9.59 Å². The summed E-state index contributed by atoms with van der Waals surface area (Å²) in [4.78, 5) is 22.8. The van der Waals surface area contributed by atoms with Crippen molar-refractivity contribution in [2.45, 2.75) is 26.3 Å². The second-order valence-corrected chi connectivity index (χ2v) is 4.88. The second kappa shape index (κ2) is 7.79. The summed E-state index contributed by atoms with van der Waals surface area (Å²) in [5, 5.41) is 2.05. The molecule has 0 aliphatic heterocycles. The van der Waals surface area contributed by atoms with Gasteiger partial charge in [-0.1, -0.05) is 32.0 Å². The first kappa shape index (κ1) is 15.5. The Morgan fingerprint density at radius 3 is 2.42 bits per heavy atom. The smallest absolute Gasteiger partial charge is 0.244 e. The van der Waals surface area contributed by atoms with Crippen molar-refractivity contribution in [2.75, 3.05) is 6.61 Å². The highest BCUT2D eigenvalue weighted by Crippen LogP contribution is 2.09. The van der Waals surface area contributed by atoms with E-state index in [1.807, 2.05) is 44.2 Å². The molecule has 0 spiro atoms. The molecule has 0 fully saturated rings. The molecule has 1 aromatic carbocycles. The second-order valence-electron chi connectivity index (χ2n) is 4.50. The van der Waals surface area contributed by atoms with Crippen LogP contribution in [0.1, 0.15) is 20.3 Å². The summed E-state index contributed by atoms with van der Waals surface area (Å²) < 4.78 is 5.40. The summed E-state index contributed by atoms with van der Waals surface area (Å²) in [7, 11) is 0. The average Bonchev–Trinajstić information content (AvgIpc) is 2.36. The fourth-order valence-electron chi connectivity index (χ4n) is 1.51. The molecule has 19 heavy (non-hydrogen) atoms. The van der Waals surface area contributed by atoms with Gasteiger partial charge in [0.1, 0.15) is 11.8 Å². The van der Waals surface area contributed by atoms with Crippen LogP contribution in [0.2, 0.25) is 0 Å². The standard InChI is InChI=1S/C14H18ClNO3/c1-10(2)13(14(15)18)16-12(17)8-9-19-11-6-4-3-5-7-11/h3-7,10,13H,8-9H2,1-2H3,(H,16,17). The van der Waals surface area contributed by atoms with E-state index in [4.69, 9.17) is 16.3 Å². The van der Waals surface area contributed by atoms with Gasteiger partial charge in [-0.05, 0) is 29.7 Å². The molecule has 1 unspecified atom stereocenters. The van der Waals surface area contributed by atoms with Gasteiger partial charge in [0.05, 0.1) is 13.0 Å². The number of rotatable bonds is 7. The van der Waals surface area contributed by atoms with Crippen molar-refractivity contribution in [1.82, 2.24) is 5.32 Å². The topological polar surface area (TPSA) is 55.4 Å². The Morgan fingerprint density at radius 1 is 1.26 bits per heavy atom. The summed E-state index contributed by atoms with van der Waals surface area (Å²) in [6, 6.07) is 8.59. The highest BCUT2D eigenvalue weighted by atomic mass is 35.5. The molecule has 1 aromatic rings. The van der Waals surface area contributed by atoms with Crippen LogP contribution in [0.5, 0.6) is 5.75 Å². The molecule has 104 valence electrons. The molecule has 0 radical (unpaired) electrons. The number of benzene rings is 1. The minimum atomic E-state index is -0.647. The molecule has 0 aliphatic carbocycles. The maximum absolute atomic E-state index is 11.7. The number of amides is 1. The van der Waals surface area contributed by atoms with Crippen molar-refractivity contribution in [3.05, 3.63) is 30.3 Å². The lowest BCUT2D eigenvalue weighted by atomic mass is 10.1. The molecule has 1 atom stereocenters. The fourth-order valence-corrected chi connectivity index (χ4v) is 1.82. The number of ether oxygens (including phenoxy) is 1. The van der Waals surface area contributed by atoms with Gasteiger partial charge in [-0.15, -0.1) is 0 Å². The molecule has 0 saturated carbocycles. The molecule has 0 bridgehead atoms. The molecule has 0 aromatic heterocycles. The fraction of sp³-hybridized carbons (Fsp3) is 0.429. The van der Waals surface area contributed by atoms with Crippen LogP contribution in [0, 0.1) is 5.92 Å². The molecule has 1 amide bonds. The van der Waals surface area contributed by atoms with Crippen molar-refractivity contribution in [1.29, 1.82) is 0 Å². The van der Waals surface area contributed by atoms with Crippen molar-refractivity contribution < 1.29 is 14.3 Å². The van der Waals surface area contributed by atoms with Crippen LogP contribution in [-0.4, -0.2) is 23.8 Å². The van der Waals surface area contributed by atoms with Gasteiger partial charge in [-0.2, -0.15) is 0 Å². The zero-order valence-corrected chi connectivity index (χ0v) is 11.8. The molecule has 1 N–H and O–H groups in total. The lowest BCUT2D eigenvalue weighted by Crippen LogP contribution is -2.42. The quantitative estimate of drug-likeness (QED) is 0.782. The number of carbonyl (C=O) groups excluding carboxylic acids is 2. The van der Waals surface area contributed by atoms with Gasteiger partial charge < -0.3 is 10.1 Å². The Balaban J connectivity index is 2.33. The molecular weight excluding hydrogens is 266 g/mol. The van der Waals surface area contributed by atoms with E-state index in [0.29, 0.717) is 5.75 Å². The summed E-state index contributed by atoms with van der Waals surface area (Å²) in [5.74, 6) is 0.428. The SMILES string of the molecule is CC(C)C(NC(=O)CCOc1ccccc1)C(=O)Cl. The van der Waals surface area contributed by atoms with E-state index < -0.39 is 11.3 Å². The lowest BCUT2D eigenvalue weighted by molar-refractivity contribution is -0.126. The number of nitrogens with one attached hydrogen (secondary N) is 1. The van der Waals surface area contributed by atoms with Crippen LogP contribution in [0.3, 0.4) is 0 Å². The van der Waals surface area contributed by atoms with Crippen molar-refractivity contribution >= 4 is 22.8 Å². The summed E-state index contributed by atoms with van der Waals surface area (Å²) in [6.45, 7) is 3.91. The minimum Gasteiger partial charge on any atom is -0.493 e. The number of halogens is 1. The number of para-hydroxylation sites is 1. The van der Waals surface area contributed by atoms with Crippen LogP contribution in [0.15, 0.2) is 30.3 Å². The predicted octanol–water partition coefficient (Wildman–Crippen LogP) is 2.36. The Kier molecular flexibility index (Phi) is 6.36. The number of carbonyl (C=O) groups is 2. The average molecular weight is 284 g/mol. The molecule has 0 saturated heterocycles. The first-order chi connectivity index (χ1) is 9.00. The van der Waals surface area contributed by atoms with E-state index in [1.54, 1.807) is 0 Å². The molecule has 5 heteroatoms. The third kappa shape index (κ3) is 5.75. The van der Waals surface area contributed by atoms with Gasteiger partial charge >= 0.3 is 0 Å². The first-order valence-corrected chi connectivity index (χ1v) is 6.55. The maximum atomic E-state index is 11.7. The van der Waals surface area contributed by atoms with Gasteiger partial charge in [0.15, 0.2) is 0 Å². The van der Waals surface area contributed by atoms with Crippen LogP contribution in [-0.2, 0) is 9.59 Å². The first-order valence-electron chi connectivity index (χ1n) is 6.17. The van der Waals surface area contributed by atoms with Crippen LogP contribution in [0.25, 0.3) is 0 Å². The van der Waals surface area contributed by atoms with E-state index in [0.717, 1.165) is 0 Å².